The van der Waals surface area contributed by atoms with Crippen LogP contribution in [0, 0.1) is 17.5 Å². The molecule has 0 aliphatic carbocycles. The molecule has 0 unspecified atom stereocenters. The normalized spacial score (nSPS) is 20.4. The first-order chi connectivity index (χ1) is 8.79. The molecule has 0 saturated carbocycles. The molecule has 1 aromatic carbocycles. The zero-order valence-electron chi connectivity index (χ0n) is 9.31. The van der Waals surface area contributed by atoms with Crippen LogP contribution in [0.15, 0.2) is 12.1 Å². The monoisotopic (exact) mass is 286 g/mol. The van der Waals surface area contributed by atoms with Crippen LogP contribution >= 0.6 is 0 Å². The smallest absolute Gasteiger partial charge is 0.371 e. The maximum Gasteiger partial charge on any atom is 0.418 e. The van der Waals surface area contributed by atoms with Gasteiger partial charge in [-0.3, -0.25) is 0 Å². The van der Waals surface area contributed by atoms with Gasteiger partial charge in [0, 0.05) is 11.6 Å². The molecule has 2 rings (SSSR count). The quantitative estimate of drug-likeness (QED) is 0.482. The van der Waals surface area contributed by atoms with Crippen LogP contribution in [0.2, 0.25) is 0 Å². The van der Waals surface area contributed by atoms with E-state index >= 15 is 0 Å². The van der Waals surface area contributed by atoms with E-state index in [9.17, 15) is 26.3 Å². The second-order valence-electron chi connectivity index (χ2n) is 4.00. The molecule has 1 aliphatic heterocycles. The van der Waals surface area contributed by atoms with Crippen LogP contribution in [-0.4, -0.2) is 25.5 Å². The number of rotatable bonds is 4. The van der Waals surface area contributed by atoms with Crippen LogP contribution in [0.4, 0.5) is 26.3 Å². The Balaban J connectivity index is 2.28. The summed E-state index contributed by atoms with van der Waals surface area (Å²) in [5, 5.41) is 0. The van der Waals surface area contributed by atoms with Crippen LogP contribution in [-0.2, 0) is 9.47 Å². The van der Waals surface area contributed by atoms with E-state index in [2.05, 4.69) is 9.47 Å². The zero-order chi connectivity index (χ0) is 14.2. The lowest BCUT2D eigenvalue weighted by Crippen LogP contribution is -2.26. The lowest BCUT2D eigenvalue weighted by Gasteiger charge is -2.21. The highest BCUT2D eigenvalue weighted by Crippen LogP contribution is 2.38. The van der Waals surface area contributed by atoms with E-state index in [0.29, 0.717) is 0 Å². The molecule has 0 N–H and O–H groups in total. The van der Waals surface area contributed by atoms with Crippen molar-refractivity contribution in [2.45, 2.75) is 18.4 Å². The molecule has 1 saturated heterocycles. The van der Waals surface area contributed by atoms with Gasteiger partial charge in [-0.05, 0) is 6.07 Å². The molecule has 106 valence electrons. The first-order valence-electron chi connectivity index (χ1n) is 5.23. The van der Waals surface area contributed by atoms with E-state index in [1.165, 1.54) is 0 Å². The number of benzene rings is 1. The molecule has 19 heavy (non-hydrogen) atoms. The summed E-state index contributed by atoms with van der Waals surface area (Å²) < 4.78 is 86.3. The average Bonchev–Trinajstić information content (AvgIpc) is 3.07. The van der Waals surface area contributed by atoms with Gasteiger partial charge in [-0.15, -0.1) is 0 Å². The van der Waals surface area contributed by atoms with E-state index in [4.69, 9.17) is 0 Å². The molecular formula is C11H8F6O2. The maximum atomic E-state index is 13.3. The largest absolute Gasteiger partial charge is 0.418 e. The molecule has 2 nitrogen and oxygen atoms in total. The van der Waals surface area contributed by atoms with Crippen molar-refractivity contribution >= 4 is 0 Å². The number of ether oxygens (including phenoxy) is 2. The molecule has 1 aliphatic rings. The highest BCUT2D eigenvalue weighted by molar-refractivity contribution is 5.23. The predicted octanol–water partition coefficient (Wildman–Crippen LogP) is 3.12. The first-order valence-corrected chi connectivity index (χ1v) is 5.23. The van der Waals surface area contributed by atoms with Crippen molar-refractivity contribution in [2.75, 3.05) is 13.2 Å². The fourth-order valence-corrected chi connectivity index (χ4v) is 1.47. The van der Waals surface area contributed by atoms with Gasteiger partial charge in [0.25, 0.3) is 0 Å². The summed E-state index contributed by atoms with van der Waals surface area (Å²) in [6, 6.07) is 0.205. The van der Waals surface area contributed by atoms with Gasteiger partial charge < -0.3 is 9.47 Å². The van der Waals surface area contributed by atoms with Crippen LogP contribution in [0.5, 0.6) is 0 Å². The summed E-state index contributed by atoms with van der Waals surface area (Å²) >= 11 is 0. The van der Waals surface area contributed by atoms with Crippen LogP contribution in [0.25, 0.3) is 0 Å². The van der Waals surface area contributed by atoms with E-state index in [0.717, 1.165) is 0 Å². The molecule has 0 spiro atoms. The third kappa shape index (κ3) is 3.38. The Morgan fingerprint density at radius 3 is 2.26 bits per heavy atom. The highest BCUT2D eigenvalue weighted by atomic mass is 19.4. The third-order valence-electron chi connectivity index (χ3n) is 2.47. The fourth-order valence-electron chi connectivity index (χ4n) is 1.47. The summed E-state index contributed by atoms with van der Waals surface area (Å²) in [4.78, 5) is 0. The number of hydrogen-bond acceptors (Lipinski definition) is 2. The van der Waals surface area contributed by atoms with Crippen LogP contribution in [0.1, 0.15) is 11.7 Å². The Morgan fingerprint density at radius 2 is 1.74 bits per heavy atom. The van der Waals surface area contributed by atoms with Crippen molar-refractivity contribution in [3.8, 4) is 0 Å². The summed E-state index contributed by atoms with van der Waals surface area (Å²) in [7, 11) is 0. The molecule has 1 heterocycles. The van der Waals surface area contributed by atoms with Crippen molar-refractivity contribution in [3.05, 3.63) is 35.1 Å². The average molecular weight is 286 g/mol. The Hall–Kier alpha value is -1.28. The lowest BCUT2D eigenvalue weighted by atomic mass is 10.1. The van der Waals surface area contributed by atoms with Crippen molar-refractivity contribution in [1.82, 2.24) is 0 Å². The van der Waals surface area contributed by atoms with Gasteiger partial charge in [0.15, 0.2) is 17.7 Å². The van der Waals surface area contributed by atoms with E-state index in [1.807, 2.05) is 0 Å². The van der Waals surface area contributed by atoms with E-state index < -0.39 is 48.0 Å². The minimum atomic E-state index is -4.94. The van der Waals surface area contributed by atoms with Gasteiger partial charge in [0.2, 0.25) is 0 Å². The van der Waals surface area contributed by atoms with Crippen molar-refractivity contribution in [1.29, 1.82) is 0 Å². The minimum absolute atomic E-state index is 0.0559. The molecule has 1 fully saturated rings. The summed E-state index contributed by atoms with van der Waals surface area (Å²) in [5.41, 5.74) is -1.09. The Morgan fingerprint density at radius 1 is 1.16 bits per heavy atom. The summed E-state index contributed by atoms with van der Waals surface area (Å²) in [6.45, 7) is -0.145. The number of hydrogen-bond donors (Lipinski definition) is 0. The van der Waals surface area contributed by atoms with E-state index in [1.54, 1.807) is 0 Å². The first kappa shape index (κ1) is 14.1. The standard InChI is InChI=1S/C11H8F6O2/c12-7-2-9(14)8(13)1-6(7)10(11(15,16)17)19-4-5-3-18-5/h1-2,5,10H,3-4H2/t5-,10-/m1/s1. The van der Waals surface area contributed by atoms with Gasteiger partial charge in [0.05, 0.1) is 13.2 Å². The fraction of sp³-hybridized carbons (Fsp3) is 0.455. The van der Waals surface area contributed by atoms with Gasteiger partial charge >= 0.3 is 6.18 Å². The molecule has 0 aromatic heterocycles. The van der Waals surface area contributed by atoms with Crippen molar-refractivity contribution < 1.29 is 35.8 Å². The van der Waals surface area contributed by atoms with Gasteiger partial charge in [-0.1, -0.05) is 0 Å². The second-order valence-corrected chi connectivity index (χ2v) is 4.00. The number of epoxide rings is 1. The predicted molar refractivity (Wildman–Crippen MR) is 50.8 cm³/mol. The maximum absolute atomic E-state index is 13.3. The molecule has 2 atom stereocenters. The molecule has 0 bridgehead atoms. The van der Waals surface area contributed by atoms with Gasteiger partial charge in [-0.2, -0.15) is 13.2 Å². The molecule has 0 amide bonds. The van der Waals surface area contributed by atoms with Crippen molar-refractivity contribution in [3.63, 3.8) is 0 Å². The minimum Gasteiger partial charge on any atom is -0.371 e. The molecule has 8 heteroatoms. The molecular weight excluding hydrogens is 278 g/mol. The number of alkyl halides is 3. The summed E-state index contributed by atoms with van der Waals surface area (Å²) in [5.74, 6) is -4.65. The highest BCUT2D eigenvalue weighted by Gasteiger charge is 2.44. The van der Waals surface area contributed by atoms with E-state index in [-0.39, 0.29) is 18.7 Å². The topological polar surface area (TPSA) is 21.8 Å². The Labute approximate surface area is 103 Å². The summed E-state index contributed by atoms with van der Waals surface area (Å²) in [6.07, 6.45) is -8.08. The second kappa shape index (κ2) is 5.01. The zero-order valence-corrected chi connectivity index (χ0v) is 9.31. The van der Waals surface area contributed by atoms with Crippen LogP contribution < -0.4 is 0 Å². The Kier molecular flexibility index (Phi) is 3.73. The molecule has 1 aromatic rings. The van der Waals surface area contributed by atoms with Crippen molar-refractivity contribution in [2.24, 2.45) is 0 Å². The molecule has 0 radical (unpaired) electrons. The van der Waals surface area contributed by atoms with Gasteiger partial charge in [0.1, 0.15) is 11.9 Å². The number of halogens is 6. The SMILES string of the molecule is Fc1cc(F)c([C@@H](OC[C@H]2CO2)C(F)(F)F)cc1F. The third-order valence-corrected chi connectivity index (χ3v) is 2.47. The Bertz CT molecular complexity index is 469. The van der Waals surface area contributed by atoms with Gasteiger partial charge in [-0.25, -0.2) is 13.2 Å². The van der Waals surface area contributed by atoms with Crippen LogP contribution in [0.3, 0.4) is 0 Å². The lowest BCUT2D eigenvalue weighted by molar-refractivity contribution is -0.225.